The predicted molar refractivity (Wildman–Crippen MR) is 153 cm³/mol. The summed E-state index contributed by atoms with van der Waals surface area (Å²) in [6.07, 6.45) is 7.34. The van der Waals surface area contributed by atoms with E-state index < -0.39 is 0 Å². The first kappa shape index (κ1) is 29.8. The molecule has 0 aliphatic rings. The second kappa shape index (κ2) is 15.6. The van der Waals surface area contributed by atoms with Gasteiger partial charge < -0.3 is 36.9 Å². The fourth-order valence-corrected chi connectivity index (χ4v) is 3.15. The van der Waals surface area contributed by atoms with Crippen molar-refractivity contribution in [3.63, 3.8) is 0 Å². The highest BCUT2D eigenvalue weighted by Gasteiger charge is 2.10. The second-order valence-corrected chi connectivity index (χ2v) is 8.71. The van der Waals surface area contributed by atoms with Crippen LogP contribution in [0.2, 0.25) is 0 Å². The predicted octanol–water partition coefficient (Wildman–Crippen LogP) is 2.06. The number of nitrogens with zero attached hydrogens (tertiary/aromatic N) is 4. The maximum Gasteiger partial charge on any atom is 0.246 e. The molecule has 0 fully saturated rings. The van der Waals surface area contributed by atoms with Gasteiger partial charge in [0.25, 0.3) is 0 Å². The quantitative estimate of drug-likeness (QED) is 0.0886. The molecule has 0 saturated heterocycles. The van der Waals surface area contributed by atoms with Crippen molar-refractivity contribution < 1.29 is 9.59 Å². The summed E-state index contributed by atoms with van der Waals surface area (Å²) in [5.41, 5.74) is 8.46. The fourth-order valence-electron chi connectivity index (χ4n) is 3.15. The average molecular weight is 520 g/mol. The molecule has 0 unspecified atom stereocenters. The zero-order chi connectivity index (χ0) is 27.9. The highest BCUT2D eigenvalue weighted by molar-refractivity contribution is 5.91. The highest BCUT2D eigenvalue weighted by Crippen LogP contribution is 2.21. The third-order valence-corrected chi connectivity index (χ3v) is 5.14. The Hall–Kier alpha value is -4.43. The maximum atomic E-state index is 12.1. The van der Waals surface area contributed by atoms with E-state index in [0.29, 0.717) is 66.7 Å². The zero-order valence-corrected chi connectivity index (χ0v) is 22.5. The van der Waals surface area contributed by atoms with Crippen LogP contribution in [-0.2, 0) is 9.59 Å². The van der Waals surface area contributed by atoms with E-state index in [1.54, 1.807) is 37.5 Å². The smallest absolute Gasteiger partial charge is 0.246 e. The van der Waals surface area contributed by atoms with Gasteiger partial charge in [-0.1, -0.05) is 17.9 Å². The number of benzene rings is 1. The number of hydrogen-bond donors (Lipinski definition) is 5. The summed E-state index contributed by atoms with van der Waals surface area (Å²) < 4.78 is 0. The minimum atomic E-state index is -0.213. The van der Waals surface area contributed by atoms with Crippen LogP contribution in [0.4, 0.5) is 23.1 Å². The van der Waals surface area contributed by atoms with E-state index in [4.69, 9.17) is 11.1 Å². The van der Waals surface area contributed by atoms with Gasteiger partial charge in [0.15, 0.2) is 0 Å². The maximum absolute atomic E-state index is 12.1. The van der Waals surface area contributed by atoms with Crippen LogP contribution in [0.3, 0.4) is 0 Å². The Bertz CT molecular complexity index is 1200. The zero-order valence-electron chi connectivity index (χ0n) is 22.5. The lowest BCUT2D eigenvalue weighted by Crippen LogP contribution is -2.38. The van der Waals surface area contributed by atoms with Crippen LogP contribution in [0.15, 0.2) is 36.5 Å². The molecular weight excluding hydrogens is 482 g/mol. The van der Waals surface area contributed by atoms with Crippen molar-refractivity contribution in [1.82, 2.24) is 25.1 Å². The second-order valence-electron chi connectivity index (χ2n) is 8.71. The number of carbonyl (C=O) groups is 2. The van der Waals surface area contributed by atoms with Crippen LogP contribution in [0.1, 0.15) is 30.9 Å². The first-order valence-corrected chi connectivity index (χ1v) is 12.3. The molecule has 6 N–H and O–H groups in total. The molecule has 0 atom stereocenters. The number of carbonyl (C=O) groups excluding carboxylic acids is 2. The highest BCUT2D eigenvalue weighted by atomic mass is 16.2. The molecule has 0 aliphatic carbocycles. The number of unbranched alkanes of at least 4 members (excludes halogenated alkanes) is 1. The lowest BCUT2D eigenvalue weighted by Gasteiger charge is -2.14. The summed E-state index contributed by atoms with van der Waals surface area (Å²) in [7, 11) is 5.43. The van der Waals surface area contributed by atoms with Crippen LogP contribution in [0.5, 0.6) is 0 Å². The minimum absolute atomic E-state index is 0.00000516. The van der Waals surface area contributed by atoms with Gasteiger partial charge in [0, 0.05) is 62.3 Å². The lowest BCUT2D eigenvalue weighted by molar-refractivity contribution is -0.131. The number of hydrogen-bond acceptors (Lipinski definition) is 9. The van der Waals surface area contributed by atoms with Gasteiger partial charge in [-0.3, -0.25) is 9.59 Å². The molecule has 1 heterocycles. The SMILES string of the molecule is CCNc1nc(Nc2ccc(C=N)c(N)c2)ncc1C#CCCCNC(=O)CN(C)C(=O)/C=C/CN(C)C. The molecular formula is C27H37N9O2. The number of anilines is 4. The molecule has 0 radical (unpaired) electrons. The average Bonchev–Trinajstić information content (AvgIpc) is 2.87. The van der Waals surface area contributed by atoms with Gasteiger partial charge >= 0.3 is 0 Å². The van der Waals surface area contributed by atoms with E-state index in [0.717, 1.165) is 0 Å². The van der Waals surface area contributed by atoms with Gasteiger partial charge in [-0.15, -0.1) is 0 Å². The molecule has 202 valence electrons. The summed E-state index contributed by atoms with van der Waals surface area (Å²) >= 11 is 0. The molecule has 0 aliphatic heterocycles. The lowest BCUT2D eigenvalue weighted by atomic mass is 10.2. The summed E-state index contributed by atoms with van der Waals surface area (Å²) in [4.78, 5) is 36.3. The number of aromatic nitrogens is 2. The van der Waals surface area contributed by atoms with Crippen molar-refractivity contribution in [3.8, 4) is 11.8 Å². The first-order valence-electron chi connectivity index (χ1n) is 12.3. The van der Waals surface area contributed by atoms with E-state index in [9.17, 15) is 9.59 Å². The molecule has 0 saturated carbocycles. The summed E-state index contributed by atoms with van der Waals surface area (Å²) in [5.74, 6) is 6.77. The molecule has 2 aromatic rings. The van der Waals surface area contributed by atoms with Gasteiger partial charge in [0.05, 0.1) is 18.3 Å². The van der Waals surface area contributed by atoms with Crippen molar-refractivity contribution in [2.75, 3.05) is 63.7 Å². The minimum Gasteiger partial charge on any atom is -0.398 e. The number of nitrogens with one attached hydrogen (secondary N) is 4. The number of nitrogens with two attached hydrogens (primary N) is 1. The van der Waals surface area contributed by atoms with Crippen molar-refractivity contribution in [2.24, 2.45) is 0 Å². The third kappa shape index (κ3) is 10.3. The van der Waals surface area contributed by atoms with E-state index >= 15 is 0 Å². The van der Waals surface area contributed by atoms with E-state index in [1.165, 1.54) is 17.2 Å². The van der Waals surface area contributed by atoms with Gasteiger partial charge in [0.2, 0.25) is 17.8 Å². The summed E-state index contributed by atoms with van der Waals surface area (Å²) in [6.45, 7) is 3.76. The van der Waals surface area contributed by atoms with E-state index in [1.807, 2.05) is 25.9 Å². The number of nitrogen functional groups attached to an aromatic ring is 1. The Morgan fingerprint density at radius 2 is 2.03 bits per heavy atom. The molecule has 0 bridgehead atoms. The van der Waals surface area contributed by atoms with E-state index in [-0.39, 0.29) is 18.4 Å². The molecule has 11 nitrogen and oxygen atoms in total. The number of likely N-dealkylation sites (N-methyl/N-ethyl adjacent to an activating group) is 2. The van der Waals surface area contributed by atoms with Crippen molar-refractivity contribution >= 4 is 41.2 Å². The summed E-state index contributed by atoms with van der Waals surface area (Å²) in [5, 5.41) is 16.5. The van der Waals surface area contributed by atoms with Crippen molar-refractivity contribution in [2.45, 2.75) is 19.8 Å². The Balaban J connectivity index is 1.84. The molecule has 2 amide bonds. The monoisotopic (exact) mass is 519 g/mol. The van der Waals surface area contributed by atoms with E-state index in [2.05, 4.69) is 37.8 Å². The molecule has 38 heavy (non-hydrogen) atoms. The van der Waals surface area contributed by atoms with Gasteiger partial charge in [0.1, 0.15) is 5.82 Å². The largest absolute Gasteiger partial charge is 0.398 e. The van der Waals surface area contributed by atoms with Gasteiger partial charge in [-0.05, 0) is 45.6 Å². The fraction of sp³-hybridized carbons (Fsp3) is 0.370. The van der Waals surface area contributed by atoms with Crippen molar-refractivity contribution in [3.05, 3.63) is 47.7 Å². The van der Waals surface area contributed by atoms with Crippen LogP contribution < -0.4 is 21.7 Å². The number of amides is 2. The summed E-state index contributed by atoms with van der Waals surface area (Å²) in [6, 6.07) is 5.28. The van der Waals surface area contributed by atoms with Crippen LogP contribution in [0, 0.1) is 17.3 Å². The van der Waals surface area contributed by atoms with Crippen LogP contribution in [-0.4, -0.2) is 85.1 Å². The Kier molecular flexibility index (Phi) is 12.3. The molecule has 2 rings (SSSR count). The normalized spacial score (nSPS) is 10.6. The van der Waals surface area contributed by atoms with Crippen LogP contribution >= 0.6 is 0 Å². The van der Waals surface area contributed by atoms with Gasteiger partial charge in [-0.2, -0.15) is 4.98 Å². The van der Waals surface area contributed by atoms with Crippen molar-refractivity contribution in [1.29, 1.82) is 5.41 Å². The third-order valence-electron chi connectivity index (χ3n) is 5.14. The standard InChI is InChI=1S/C27H37N9O2/c1-5-30-26-21(18-32-27(34-26)33-22-13-12-20(17-28)23(29)16-22)10-7-6-8-14-31-24(37)19-36(4)25(38)11-9-15-35(2)3/h9,11-13,16-18,28H,5-6,8,14-15,19,29H2,1-4H3,(H,31,37)(H2,30,32,33,34)/b11-9+,28-17?. The molecule has 11 heteroatoms. The molecule has 1 aromatic heterocycles. The molecule has 0 spiro atoms. The Labute approximate surface area is 224 Å². The van der Waals surface area contributed by atoms with Gasteiger partial charge in [-0.25, -0.2) is 4.98 Å². The van der Waals surface area contributed by atoms with Crippen LogP contribution in [0.25, 0.3) is 0 Å². The Morgan fingerprint density at radius 3 is 2.71 bits per heavy atom. The Morgan fingerprint density at radius 1 is 1.24 bits per heavy atom. The topological polar surface area (TPSA) is 152 Å². The first-order chi connectivity index (χ1) is 18.2. The molecule has 1 aromatic carbocycles. The number of rotatable bonds is 13.